The number of thiophene rings is 1. The van der Waals surface area contributed by atoms with E-state index in [0.717, 1.165) is 11.1 Å². The first-order valence-electron chi connectivity index (χ1n) is 6.52. The molecule has 0 aliphatic carbocycles. The molecule has 3 aromatic rings. The summed E-state index contributed by atoms with van der Waals surface area (Å²) in [6.45, 7) is 0. The van der Waals surface area contributed by atoms with Crippen molar-refractivity contribution in [2.24, 2.45) is 0 Å². The quantitative estimate of drug-likeness (QED) is 0.681. The van der Waals surface area contributed by atoms with Crippen molar-refractivity contribution in [3.05, 3.63) is 88.4 Å². The van der Waals surface area contributed by atoms with E-state index in [4.69, 9.17) is 4.74 Å². The minimum atomic E-state index is -0.429. The second kappa shape index (κ2) is 6.33. The van der Waals surface area contributed by atoms with Gasteiger partial charge in [0, 0.05) is 23.3 Å². The van der Waals surface area contributed by atoms with Crippen LogP contribution < -0.4 is 0 Å². The maximum atomic E-state index is 12.2. The van der Waals surface area contributed by atoms with Crippen molar-refractivity contribution >= 4 is 17.3 Å². The standard InChI is InChI=1S/C17H13NO2S/c19-17(15-8-11-21-12-15)20-16(13-4-2-1-3-5-13)14-6-9-18-10-7-14/h1-12,16H. The van der Waals surface area contributed by atoms with Gasteiger partial charge in [-0.2, -0.15) is 11.3 Å². The van der Waals surface area contributed by atoms with Crippen LogP contribution in [0.3, 0.4) is 0 Å². The van der Waals surface area contributed by atoms with Gasteiger partial charge >= 0.3 is 5.97 Å². The van der Waals surface area contributed by atoms with Gasteiger partial charge in [0.1, 0.15) is 0 Å². The zero-order valence-corrected chi connectivity index (χ0v) is 12.0. The molecule has 1 unspecified atom stereocenters. The van der Waals surface area contributed by atoms with E-state index in [2.05, 4.69) is 4.98 Å². The lowest BCUT2D eigenvalue weighted by atomic mass is 10.0. The number of ether oxygens (including phenoxy) is 1. The molecule has 1 aromatic carbocycles. The first kappa shape index (κ1) is 13.5. The van der Waals surface area contributed by atoms with Gasteiger partial charge < -0.3 is 4.74 Å². The van der Waals surface area contributed by atoms with Gasteiger partial charge in [0.05, 0.1) is 5.56 Å². The van der Waals surface area contributed by atoms with Gasteiger partial charge in [-0.25, -0.2) is 4.79 Å². The number of aromatic nitrogens is 1. The normalized spacial score (nSPS) is 11.8. The van der Waals surface area contributed by atoms with Crippen LogP contribution in [0.1, 0.15) is 27.6 Å². The number of carbonyl (C=O) groups is 1. The Hall–Kier alpha value is -2.46. The van der Waals surface area contributed by atoms with E-state index in [0.29, 0.717) is 5.56 Å². The maximum absolute atomic E-state index is 12.2. The lowest BCUT2D eigenvalue weighted by molar-refractivity contribution is 0.0378. The summed E-state index contributed by atoms with van der Waals surface area (Å²) in [7, 11) is 0. The molecule has 3 rings (SSSR count). The largest absolute Gasteiger partial charge is 0.449 e. The number of esters is 1. The third-order valence-electron chi connectivity index (χ3n) is 3.09. The molecule has 0 fully saturated rings. The van der Waals surface area contributed by atoms with Gasteiger partial charge in [-0.1, -0.05) is 30.3 Å². The van der Waals surface area contributed by atoms with Crippen LogP contribution in [0.15, 0.2) is 71.7 Å². The Bertz CT molecular complexity index is 657. The molecule has 3 nitrogen and oxygen atoms in total. The number of hydrogen-bond donors (Lipinski definition) is 0. The summed E-state index contributed by atoms with van der Waals surface area (Å²) in [5.74, 6) is -0.318. The molecule has 21 heavy (non-hydrogen) atoms. The van der Waals surface area contributed by atoms with E-state index in [-0.39, 0.29) is 5.97 Å². The molecule has 0 N–H and O–H groups in total. The van der Waals surface area contributed by atoms with Crippen LogP contribution in [0.2, 0.25) is 0 Å². The highest BCUT2D eigenvalue weighted by Crippen LogP contribution is 2.26. The van der Waals surface area contributed by atoms with Gasteiger partial charge in [0.25, 0.3) is 0 Å². The zero-order chi connectivity index (χ0) is 14.5. The predicted molar refractivity (Wildman–Crippen MR) is 82.3 cm³/mol. The second-order valence-corrected chi connectivity index (χ2v) is 5.27. The molecule has 1 atom stereocenters. The maximum Gasteiger partial charge on any atom is 0.339 e. The number of carbonyl (C=O) groups excluding carboxylic acids is 1. The van der Waals surface area contributed by atoms with Crippen molar-refractivity contribution in [3.8, 4) is 0 Å². The average molecular weight is 295 g/mol. The van der Waals surface area contributed by atoms with E-state index in [1.54, 1.807) is 23.8 Å². The zero-order valence-electron chi connectivity index (χ0n) is 11.2. The topological polar surface area (TPSA) is 39.2 Å². The second-order valence-electron chi connectivity index (χ2n) is 4.49. The molecule has 2 heterocycles. The van der Waals surface area contributed by atoms with Crippen LogP contribution in [0.5, 0.6) is 0 Å². The Morgan fingerprint density at radius 2 is 1.71 bits per heavy atom. The summed E-state index contributed by atoms with van der Waals surface area (Å²) in [6.07, 6.45) is 2.97. The lowest BCUT2D eigenvalue weighted by Crippen LogP contribution is -2.12. The van der Waals surface area contributed by atoms with Crippen LogP contribution in [-0.2, 0) is 4.74 Å². The fourth-order valence-electron chi connectivity index (χ4n) is 2.05. The Kier molecular flexibility index (Phi) is 4.07. The van der Waals surface area contributed by atoms with Crippen LogP contribution in [0.25, 0.3) is 0 Å². The molecule has 0 aliphatic rings. The number of rotatable bonds is 4. The Labute approximate surface area is 126 Å². The first-order chi connectivity index (χ1) is 10.3. The summed E-state index contributed by atoms with van der Waals surface area (Å²) in [5.41, 5.74) is 2.42. The van der Waals surface area contributed by atoms with Crippen molar-refractivity contribution in [2.45, 2.75) is 6.10 Å². The van der Waals surface area contributed by atoms with Crippen molar-refractivity contribution in [2.75, 3.05) is 0 Å². The van der Waals surface area contributed by atoms with E-state index in [1.807, 2.05) is 47.8 Å². The highest BCUT2D eigenvalue weighted by molar-refractivity contribution is 7.08. The van der Waals surface area contributed by atoms with Crippen molar-refractivity contribution in [1.29, 1.82) is 0 Å². The monoisotopic (exact) mass is 295 g/mol. The van der Waals surface area contributed by atoms with Gasteiger partial charge in [-0.3, -0.25) is 4.98 Å². The van der Waals surface area contributed by atoms with Crippen LogP contribution in [-0.4, -0.2) is 11.0 Å². The van der Waals surface area contributed by atoms with Crippen molar-refractivity contribution in [3.63, 3.8) is 0 Å². The predicted octanol–water partition coefficient (Wildman–Crippen LogP) is 4.09. The summed E-state index contributed by atoms with van der Waals surface area (Å²) < 4.78 is 5.71. The summed E-state index contributed by atoms with van der Waals surface area (Å²) in [4.78, 5) is 16.2. The molecule has 0 saturated carbocycles. The number of pyridine rings is 1. The summed E-state index contributed by atoms with van der Waals surface area (Å²) >= 11 is 1.48. The molecule has 4 heteroatoms. The van der Waals surface area contributed by atoms with E-state index >= 15 is 0 Å². The van der Waals surface area contributed by atoms with Crippen LogP contribution in [0.4, 0.5) is 0 Å². The fourth-order valence-corrected chi connectivity index (χ4v) is 2.68. The molecule has 104 valence electrons. The Morgan fingerprint density at radius 3 is 2.38 bits per heavy atom. The third-order valence-corrected chi connectivity index (χ3v) is 3.78. The third kappa shape index (κ3) is 3.17. The molecule has 0 spiro atoms. The fraction of sp³-hybridized carbons (Fsp3) is 0.0588. The number of benzene rings is 1. The van der Waals surface area contributed by atoms with Gasteiger partial charge in [-0.15, -0.1) is 0 Å². The Balaban J connectivity index is 1.92. The molecule has 0 amide bonds. The molecule has 2 aromatic heterocycles. The molecule has 0 saturated heterocycles. The van der Waals surface area contributed by atoms with E-state index < -0.39 is 6.10 Å². The van der Waals surface area contributed by atoms with Crippen molar-refractivity contribution in [1.82, 2.24) is 4.98 Å². The molecule has 0 bridgehead atoms. The molecular formula is C17H13NO2S. The Morgan fingerprint density at radius 1 is 1.00 bits per heavy atom. The van der Waals surface area contributed by atoms with Gasteiger partial charge in [0.2, 0.25) is 0 Å². The summed E-state index contributed by atoms with van der Waals surface area (Å²) in [6, 6.07) is 15.2. The summed E-state index contributed by atoms with van der Waals surface area (Å²) in [5, 5.41) is 3.65. The highest BCUT2D eigenvalue weighted by atomic mass is 32.1. The minimum absolute atomic E-state index is 0.318. The van der Waals surface area contributed by atoms with Gasteiger partial charge in [-0.05, 0) is 29.1 Å². The molecule has 0 radical (unpaired) electrons. The van der Waals surface area contributed by atoms with Crippen molar-refractivity contribution < 1.29 is 9.53 Å². The van der Waals surface area contributed by atoms with Gasteiger partial charge in [0.15, 0.2) is 6.10 Å². The van der Waals surface area contributed by atoms with E-state index in [1.165, 1.54) is 11.3 Å². The molecule has 0 aliphatic heterocycles. The lowest BCUT2D eigenvalue weighted by Gasteiger charge is -2.18. The van der Waals surface area contributed by atoms with E-state index in [9.17, 15) is 4.79 Å². The SMILES string of the molecule is O=C(OC(c1ccccc1)c1ccncc1)c1ccsc1. The number of nitrogens with zero attached hydrogens (tertiary/aromatic N) is 1. The first-order valence-corrected chi connectivity index (χ1v) is 7.47. The highest BCUT2D eigenvalue weighted by Gasteiger charge is 2.20. The molecular weight excluding hydrogens is 282 g/mol. The average Bonchev–Trinajstić information content (AvgIpc) is 3.09. The van der Waals surface area contributed by atoms with Crippen LogP contribution in [0, 0.1) is 0 Å². The smallest absolute Gasteiger partial charge is 0.339 e. The minimum Gasteiger partial charge on any atom is -0.449 e. The van der Waals surface area contributed by atoms with Crippen LogP contribution >= 0.6 is 11.3 Å². The number of hydrogen-bond acceptors (Lipinski definition) is 4.